The third-order valence-corrected chi connectivity index (χ3v) is 5.65. The summed E-state index contributed by atoms with van der Waals surface area (Å²) in [5, 5.41) is 5.33. The van der Waals surface area contributed by atoms with Gasteiger partial charge < -0.3 is 14.5 Å². The van der Waals surface area contributed by atoms with Gasteiger partial charge in [-0.25, -0.2) is 14.6 Å². The number of rotatable bonds is 5. The van der Waals surface area contributed by atoms with Gasteiger partial charge in [-0.3, -0.25) is 4.79 Å². The lowest BCUT2D eigenvalue weighted by Crippen LogP contribution is -2.47. The van der Waals surface area contributed by atoms with Gasteiger partial charge in [-0.05, 0) is 43.0 Å². The zero-order valence-corrected chi connectivity index (χ0v) is 16.5. The van der Waals surface area contributed by atoms with Crippen molar-refractivity contribution < 1.29 is 4.74 Å². The molecule has 0 bridgehead atoms. The molecule has 29 heavy (non-hydrogen) atoms. The molecule has 3 heterocycles. The van der Waals surface area contributed by atoms with Crippen molar-refractivity contribution in [1.82, 2.24) is 19.7 Å². The quantitative estimate of drug-likeness (QED) is 0.656. The Morgan fingerprint density at radius 2 is 1.83 bits per heavy atom. The number of hydrogen-bond acceptors (Lipinski definition) is 7. The summed E-state index contributed by atoms with van der Waals surface area (Å²) >= 11 is 0. The van der Waals surface area contributed by atoms with Gasteiger partial charge in [0, 0.05) is 45.0 Å². The fraction of sp³-hybridized carbons (Fsp3) is 0.429. The lowest BCUT2D eigenvalue weighted by atomic mass is 10.2. The van der Waals surface area contributed by atoms with Crippen LogP contribution in [-0.2, 0) is 7.05 Å². The monoisotopic (exact) mass is 392 g/mol. The minimum absolute atomic E-state index is 0.0922. The van der Waals surface area contributed by atoms with E-state index in [9.17, 15) is 4.79 Å². The second-order valence-electron chi connectivity index (χ2n) is 7.76. The summed E-state index contributed by atoms with van der Waals surface area (Å²) in [5.74, 6) is 2.20. The van der Waals surface area contributed by atoms with Crippen molar-refractivity contribution in [2.24, 2.45) is 13.0 Å². The Morgan fingerprint density at radius 3 is 2.59 bits per heavy atom. The number of aryl methyl sites for hydroxylation is 1. The van der Waals surface area contributed by atoms with E-state index in [0.29, 0.717) is 11.8 Å². The summed E-state index contributed by atoms with van der Waals surface area (Å²) < 4.78 is 7.35. The van der Waals surface area contributed by atoms with E-state index in [4.69, 9.17) is 4.74 Å². The zero-order chi connectivity index (χ0) is 19.8. The molecule has 8 heteroatoms. The molecular weight excluding hydrogens is 368 g/mol. The van der Waals surface area contributed by atoms with Crippen LogP contribution in [-0.4, -0.2) is 52.5 Å². The molecule has 1 aromatic carbocycles. The van der Waals surface area contributed by atoms with Crippen molar-refractivity contribution >= 4 is 22.4 Å². The Morgan fingerprint density at radius 1 is 1.03 bits per heavy atom. The molecular formula is C21H24N6O2. The standard InChI is InChI=1S/C21H24N6O2/c1-25-20(28)7-6-19(24-25)27-10-8-26(9-11-27)16-4-5-18-17(12-16)21(23-14-22-18)29-13-15-2-3-15/h4-7,12,14-15H,2-3,8-11,13H2,1H3. The summed E-state index contributed by atoms with van der Waals surface area (Å²) in [6, 6.07) is 9.66. The molecule has 0 amide bonds. The first kappa shape index (κ1) is 17.9. The lowest BCUT2D eigenvalue weighted by Gasteiger charge is -2.36. The number of ether oxygens (including phenoxy) is 1. The van der Waals surface area contributed by atoms with Gasteiger partial charge in [0.2, 0.25) is 5.88 Å². The Bertz CT molecular complexity index is 1090. The molecule has 5 rings (SSSR count). The van der Waals surface area contributed by atoms with E-state index in [-0.39, 0.29) is 5.56 Å². The molecule has 150 valence electrons. The average Bonchev–Trinajstić information content (AvgIpc) is 3.58. The van der Waals surface area contributed by atoms with Crippen molar-refractivity contribution in [2.45, 2.75) is 12.8 Å². The minimum Gasteiger partial charge on any atom is -0.477 e. The normalized spacial score (nSPS) is 17.0. The molecule has 0 unspecified atom stereocenters. The van der Waals surface area contributed by atoms with Crippen LogP contribution in [0.4, 0.5) is 11.5 Å². The molecule has 2 aromatic heterocycles. The van der Waals surface area contributed by atoms with Crippen molar-refractivity contribution in [1.29, 1.82) is 0 Å². The SMILES string of the molecule is Cn1nc(N2CCN(c3ccc4ncnc(OCC5CC5)c4c3)CC2)ccc1=O. The second kappa shape index (κ2) is 7.35. The molecule has 0 radical (unpaired) electrons. The topological polar surface area (TPSA) is 76.4 Å². The summed E-state index contributed by atoms with van der Waals surface area (Å²) in [5.41, 5.74) is 1.96. The molecule has 1 saturated heterocycles. The highest BCUT2D eigenvalue weighted by Gasteiger charge is 2.23. The first-order chi connectivity index (χ1) is 14.2. The smallest absolute Gasteiger partial charge is 0.266 e. The minimum atomic E-state index is -0.0922. The maximum atomic E-state index is 11.6. The maximum Gasteiger partial charge on any atom is 0.266 e. The Kier molecular flexibility index (Phi) is 4.54. The van der Waals surface area contributed by atoms with E-state index < -0.39 is 0 Å². The van der Waals surface area contributed by atoms with Crippen LogP contribution in [0.3, 0.4) is 0 Å². The third kappa shape index (κ3) is 3.74. The fourth-order valence-corrected chi connectivity index (χ4v) is 3.67. The Hall–Kier alpha value is -3.16. The van der Waals surface area contributed by atoms with Gasteiger partial charge in [0.15, 0.2) is 0 Å². The molecule has 3 aromatic rings. The highest BCUT2D eigenvalue weighted by atomic mass is 16.5. The predicted octanol–water partition coefficient (Wildman–Crippen LogP) is 1.84. The first-order valence-corrected chi connectivity index (χ1v) is 10.1. The molecule has 2 fully saturated rings. The van der Waals surface area contributed by atoms with E-state index in [2.05, 4.69) is 37.0 Å². The van der Waals surface area contributed by atoms with Gasteiger partial charge in [-0.2, -0.15) is 5.10 Å². The zero-order valence-electron chi connectivity index (χ0n) is 16.5. The van der Waals surface area contributed by atoms with Crippen LogP contribution in [0.15, 0.2) is 41.5 Å². The Balaban J connectivity index is 1.32. The molecule has 0 spiro atoms. The van der Waals surface area contributed by atoms with Gasteiger partial charge in [0.25, 0.3) is 5.56 Å². The third-order valence-electron chi connectivity index (χ3n) is 5.65. The summed E-state index contributed by atoms with van der Waals surface area (Å²) in [6.07, 6.45) is 4.08. The summed E-state index contributed by atoms with van der Waals surface area (Å²) in [7, 11) is 1.68. The van der Waals surface area contributed by atoms with Crippen molar-refractivity contribution in [2.75, 3.05) is 42.6 Å². The largest absolute Gasteiger partial charge is 0.477 e. The highest BCUT2D eigenvalue weighted by Crippen LogP contribution is 2.32. The van der Waals surface area contributed by atoms with Crippen molar-refractivity contribution in [3.63, 3.8) is 0 Å². The van der Waals surface area contributed by atoms with Crippen LogP contribution in [0.2, 0.25) is 0 Å². The van der Waals surface area contributed by atoms with Gasteiger partial charge in [0.05, 0.1) is 17.5 Å². The van der Waals surface area contributed by atoms with Gasteiger partial charge in [-0.15, -0.1) is 0 Å². The van der Waals surface area contributed by atoms with Gasteiger partial charge in [0.1, 0.15) is 12.1 Å². The summed E-state index contributed by atoms with van der Waals surface area (Å²) in [4.78, 5) is 24.9. The van der Waals surface area contributed by atoms with E-state index in [1.165, 1.54) is 17.5 Å². The molecule has 1 aliphatic heterocycles. The van der Waals surface area contributed by atoms with Crippen LogP contribution < -0.4 is 20.1 Å². The molecule has 0 N–H and O–H groups in total. The molecule has 1 saturated carbocycles. The predicted molar refractivity (Wildman–Crippen MR) is 112 cm³/mol. The molecule has 1 aliphatic carbocycles. The number of anilines is 2. The van der Waals surface area contributed by atoms with E-state index in [0.717, 1.165) is 55.2 Å². The van der Waals surface area contributed by atoms with E-state index in [1.807, 2.05) is 6.07 Å². The van der Waals surface area contributed by atoms with Crippen molar-refractivity contribution in [3.8, 4) is 5.88 Å². The Labute approximate surface area is 168 Å². The first-order valence-electron chi connectivity index (χ1n) is 10.1. The number of benzene rings is 1. The number of fused-ring (bicyclic) bond motifs is 1. The summed E-state index contributed by atoms with van der Waals surface area (Å²) in [6.45, 7) is 4.19. The fourth-order valence-electron chi connectivity index (χ4n) is 3.67. The number of piperazine rings is 1. The molecule has 0 atom stereocenters. The number of nitrogens with zero attached hydrogens (tertiary/aromatic N) is 6. The van der Waals surface area contributed by atoms with Crippen LogP contribution in [0.25, 0.3) is 10.9 Å². The van der Waals surface area contributed by atoms with Gasteiger partial charge >= 0.3 is 0 Å². The lowest BCUT2D eigenvalue weighted by molar-refractivity contribution is 0.292. The maximum absolute atomic E-state index is 11.6. The number of aromatic nitrogens is 4. The van der Waals surface area contributed by atoms with E-state index >= 15 is 0 Å². The van der Waals surface area contributed by atoms with Crippen molar-refractivity contribution in [3.05, 3.63) is 47.0 Å². The van der Waals surface area contributed by atoms with Crippen LogP contribution >= 0.6 is 0 Å². The highest BCUT2D eigenvalue weighted by molar-refractivity contribution is 5.86. The number of hydrogen-bond donors (Lipinski definition) is 0. The van der Waals surface area contributed by atoms with Gasteiger partial charge in [-0.1, -0.05) is 0 Å². The van der Waals surface area contributed by atoms with Crippen LogP contribution in [0.1, 0.15) is 12.8 Å². The average molecular weight is 392 g/mol. The second-order valence-corrected chi connectivity index (χ2v) is 7.76. The molecule has 8 nitrogen and oxygen atoms in total. The van der Waals surface area contributed by atoms with Crippen LogP contribution in [0.5, 0.6) is 5.88 Å². The van der Waals surface area contributed by atoms with E-state index in [1.54, 1.807) is 25.5 Å². The van der Waals surface area contributed by atoms with Crippen LogP contribution in [0, 0.1) is 5.92 Å². The molecule has 2 aliphatic rings.